The average molecular weight is 346 g/mol. The van der Waals surface area contributed by atoms with Gasteiger partial charge in [0, 0.05) is 31.3 Å². The lowest BCUT2D eigenvalue weighted by atomic mass is 10.1. The van der Waals surface area contributed by atoms with Crippen LogP contribution in [-0.4, -0.2) is 28.1 Å². The van der Waals surface area contributed by atoms with E-state index in [2.05, 4.69) is 4.98 Å². The summed E-state index contributed by atoms with van der Waals surface area (Å²) in [6.07, 6.45) is 2.34. The van der Waals surface area contributed by atoms with Gasteiger partial charge >= 0.3 is 0 Å². The van der Waals surface area contributed by atoms with Gasteiger partial charge in [-0.15, -0.1) is 0 Å². The Hall–Kier alpha value is -2.80. The van der Waals surface area contributed by atoms with Crippen LogP contribution in [0.3, 0.4) is 0 Å². The second-order valence-corrected chi connectivity index (χ2v) is 5.69. The summed E-state index contributed by atoms with van der Waals surface area (Å²) in [6.45, 7) is 0.321. The number of carbonyl (C=O) groups excluding carboxylic acids is 2. The molecule has 122 valence electrons. The Labute approximate surface area is 142 Å². The highest BCUT2D eigenvalue weighted by Crippen LogP contribution is 2.28. The van der Waals surface area contributed by atoms with Gasteiger partial charge in [-0.2, -0.15) is 0 Å². The maximum absolute atomic E-state index is 12.8. The maximum atomic E-state index is 12.8. The molecule has 1 aliphatic heterocycles. The van der Waals surface area contributed by atoms with E-state index in [1.165, 1.54) is 23.2 Å². The van der Waals surface area contributed by atoms with Crippen molar-refractivity contribution in [1.29, 1.82) is 0 Å². The Balaban J connectivity index is 2.02. The molecule has 0 N–H and O–H groups in total. The highest BCUT2D eigenvalue weighted by Gasteiger charge is 2.28. The summed E-state index contributed by atoms with van der Waals surface area (Å²) >= 11 is 6.04. The van der Waals surface area contributed by atoms with Crippen molar-refractivity contribution in [3.63, 3.8) is 0 Å². The van der Waals surface area contributed by atoms with Gasteiger partial charge in [0.1, 0.15) is 5.82 Å². The van der Waals surface area contributed by atoms with E-state index < -0.39 is 10.8 Å². The number of hydrogen-bond acceptors (Lipinski definition) is 5. The molecule has 0 radical (unpaired) electrons. The Bertz CT molecular complexity index is 853. The fourth-order valence-corrected chi connectivity index (χ4v) is 2.86. The van der Waals surface area contributed by atoms with Crippen molar-refractivity contribution < 1.29 is 14.5 Å². The molecule has 0 fully saturated rings. The number of nitro groups is 1. The van der Waals surface area contributed by atoms with Crippen molar-refractivity contribution in [3.05, 3.63) is 62.8 Å². The number of anilines is 1. The van der Waals surface area contributed by atoms with Crippen molar-refractivity contribution in [1.82, 2.24) is 4.98 Å². The molecule has 3 rings (SSSR count). The number of hydrogen-bond donors (Lipinski definition) is 0. The van der Waals surface area contributed by atoms with Crippen LogP contribution in [0.2, 0.25) is 5.02 Å². The third-order valence-corrected chi connectivity index (χ3v) is 4.08. The molecule has 8 heteroatoms. The van der Waals surface area contributed by atoms with Crippen LogP contribution < -0.4 is 4.90 Å². The topological polar surface area (TPSA) is 93.4 Å². The van der Waals surface area contributed by atoms with Gasteiger partial charge in [0.25, 0.3) is 11.6 Å². The van der Waals surface area contributed by atoms with Crippen LogP contribution in [0.25, 0.3) is 0 Å². The van der Waals surface area contributed by atoms with Crippen LogP contribution in [0.1, 0.15) is 33.6 Å². The molecule has 1 amide bonds. The number of carbonyl (C=O) groups is 2. The summed E-state index contributed by atoms with van der Waals surface area (Å²) in [5, 5.41) is 10.8. The first-order valence-electron chi connectivity index (χ1n) is 7.23. The maximum Gasteiger partial charge on any atom is 0.270 e. The quantitative estimate of drug-likeness (QED) is 0.615. The Morgan fingerprint density at radius 1 is 1.33 bits per heavy atom. The van der Waals surface area contributed by atoms with Crippen molar-refractivity contribution >= 4 is 34.8 Å². The van der Waals surface area contributed by atoms with Crippen molar-refractivity contribution in [2.75, 3.05) is 11.4 Å². The normalized spacial score (nSPS) is 14.0. The number of fused-ring (bicyclic) bond motifs is 1. The van der Waals surface area contributed by atoms with Gasteiger partial charge in [-0.25, -0.2) is 4.98 Å². The second kappa shape index (κ2) is 6.37. The number of aromatic nitrogens is 1. The predicted molar refractivity (Wildman–Crippen MR) is 87.6 cm³/mol. The number of non-ortho nitro benzene ring substituents is 1. The van der Waals surface area contributed by atoms with Crippen LogP contribution in [0.5, 0.6) is 0 Å². The SMILES string of the molecule is O=C1CCCN(C(=O)c2ccc([N+](=O)[O-])cc2Cl)c2ncccc21. The molecule has 0 atom stereocenters. The van der Waals surface area contributed by atoms with Crippen LogP contribution >= 0.6 is 11.6 Å². The van der Waals surface area contributed by atoms with E-state index in [4.69, 9.17) is 11.6 Å². The third-order valence-electron chi connectivity index (χ3n) is 3.77. The number of Topliss-reactive ketones (excluding diaryl/α,β-unsaturated/α-hetero) is 1. The minimum absolute atomic E-state index is 0.0118. The summed E-state index contributed by atoms with van der Waals surface area (Å²) in [5.41, 5.74) is 0.329. The van der Waals surface area contributed by atoms with Gasteiger partial charge in [0.2, 0.25) is 0 Å². The monoisotopic (exact) mass is 345 g/mol. The number of benzene rings is 1. The number of nitro benzene ring substituents is 1. The smallest absolute Gasteiger partial charge is 0.270 e. The fraction of sp³-hybridized carbons (Fsp3) is 0.188. The number of rotatable bonds is 2. The first-order chi connectivity index (χ1) is 11.5. The highest BCUT2D eigenvalue weighted by molar-refractivity contribution is 6.34. The summed E-state index contributed by atoms with van der Waals surface area (Å²) in [5.74, 6) is -0.216. The van der Waals surface area contributed by atoms with E-state index >= 15 is 0 Å². The van der Waals surface area contributed by atoms with E-state index in [-0.39, 0.29) is 22.1 Å². The molecule has 2 aromatic rings. The largest absolute Gasteiger partial charge is 0.294 e. The predicted octanol–water partition coefficient (Wildman–Crippen LogP) is 3.27. The van der Waals surface area contributed by atoms with E-state index in [1.54, 1.807) is 12.1 Å². The lowest BCUT2D eigenvalue weighted by Crippen LogP contribution is -2.32. The molecule has 1 aliphatic rings. The zero-order valence-electron chi connectivity index (χ0n) is 12.4. The van der Waals surface area contributed by atoms with E-state index in [0.717, 1.165) is 6.07 Å². The second-order valence-electron chi connectivity index (χ2n) is 5.28. The van der Waals surface area contributed by atoms with E-state index in [0.29, 0.717) is 30.8 Å². The minimum atomic E-state index is -0.582. The molecule has 0 spiro atoms. The van der Waals surface area contributed by atoms with Gasteiger partial charge in [0.05, 0.1) is 21.1 Å². The van der Waals surface area contributed by atoms with Gasteiger partial charge in [-0.3, -0.25) is 24.6 Å². The number of nitrogens with zero attached hydrogens (tertiary/aromatic N) is 3. The van der Waals surface area contributed by atoms with Crippen LogP contribution in [-0.2, 0) is 0 Å². The number of ketones is 1. The summed E-state index contributed by atoms with van der Waals surface area (Å²) in [7, 11) is 0. The van der Waals surface area contributed by atoms with Crippen LogP contribution in [0.15, 0.2) is 36.5 Å². The molecule has 1 aromatic heterocycles. The number of amides is 1. The fourth-order valence-electron chi connectivity index (χ4n) is 2.60. The van der Waals surface area contributed by atoms with Gasteiger partial charge < -0.3 is 0 Å². The molecule has 24 heavy (non-hydrogen) atoms. The standard InChI is InChI=1S/C16H12ClN3O4/c17-13-9-10(20(23)24)5-6-11(13)16(22)19-8-2-4-14(21)12-3-1-7-18-15(12)19/h1,3,5-7,9H,2,4,8H2. The molecular formula is C16H12ClN3O4. The highest BCUT2D eigenvalue weighted by atomic mass is 35.5. The van der Waals surface area contributed by atoms with E-state index in [9.17, 15) is 19.7 Å². The van der Waals surface area contributed by atoms with Crippen molar-refractivity contribution in [3.8, 4) is 0 Å². The average Bonchev–Trinajstić information content (AvgIpc) is 2.74. The molecule has 7 nitrogen and oxygen atoms in total. The van der Waals surface area contributed by atoms with Crippen molar-refractivity contribution in [2.45, 2.75) is 12.8 Å². The number of pyridine rings is 1. The molecule has 0 bridgehead atoms. The van der Waals surface area contributed by atoms with E-state index in [1.807, 2.05) is 0 Å². The van der Waals surface area contributed by atoms with Gasteiger partial charge in [-0.1, -0.05) is 11.6 Å². The van der Waals surface area contributed by atoms with Crippen LogP contribution in [0.4, 0.5) is 11.5 Å². The zero-order chi connectivity index (χ0) is 17.3. The molecule has 2 heterocycles. The van der Waals surface area contributed by atoms with Gasteiger partial charge in [0.15, 0.2) is 5.78 Å². The summed E-state index contributed by atoms with van der Waals surface area (Å²) in [6, 6.07) is 6.95. The first kappa shape index (κ1) is 16.1. The molecule has 1 aromatic carbocycles. The number of halogens is 1. The molecular weight excluding hydrogens is 334 g/mol. The molecule has 0 aliphatic carbocycles. The Kier molecular flexibility index (Phi) is 4.26. The minimum Gasteiger partial charge on any atom is -0.294 e. The lowest BCUT2D eigenvalue weighted by Gasteiger charge is -2.21. The lowest BCUT2D eigenvalue weighted by molar-refractivity contribution is -0.384. The van der Waals surface area contributed by atoms with Crippen molar-refractivity contribution in [2.24, 2.45) is 0 Å². The zero-order valence-corrected chi connectivity index (χ0v) is 13.2. The molecule has 0 unspecified atom stereocenters. The van der Waals surface area contributed by atoms with Crippen LogP contribution in [0, 0.1) is 10.1 Å². The molecule has 0 saturated carbocycles. The Morgan fingerprint density at radius 2 is 2.12 bits per heavy atom. The van der Waals surface area contributed by atoms with Gasteiger partial charge in [-0.05, 0) is 24.6 Å². The third kappa shape index (κ3) is 2.85. The molecule has 0 saturated heterocycles. The first-order valence-corrected chi connectivity index (χ1v) is 7.61. The summed E-state index contributed by atoms with van der Waals surface area (Å²) < 4.78 is 0. The Morgan fingerprint density at radius 3 is 2.83 bits per heavy atom. The summed E-state index contributed by atoms with van der Waals surface area (Å²) in [4.78, 5) is 40.7.